The molecule has 0 aliphatic carbocycles. The lowest BCUT2D eigenvalue weighted by atomic mass is 10.0. The Morgan fingerprint density at radius 2 is 1.64 bits per heavy atom. The molecule has 6 nitrogen and oxygen atoms in total. The third-order valence-corrected chi connectivity index (χ3v) is 5.33. The molecule has 152 valence electrons. The van der Waals surface area contributed by atoms with E-state index < -0.39 is 21.6 Å². The Morgan fingerprint density at radius 3 is 2.18 bits per heavy atom. The van der Waals surface area contributed by atoms with Crippen LogP contribution >= 0.6 is 0 Å². The molecule has 0 saturated heterocycles. The molecule has 2 aromatic rings. The second kappa shape index (κ2) is 9.21. The second-order valence-electron chi connectivity index (χ2n) is 7.51. The lowest BCUT2D eigenvalue weighted by Crippen LogP contribution is -2.52. The number of rotatable bonds is 8. The van der Waals surface area contributed by atoms with E-state index in [1.807, 2.05) is 58.0 Å². The summed E-state index contributed by atoms with van der Waals surface area (Å²) in [4.78, 5) is 12.8. The van der Waals surface area contributed by atoms with Gasteiger partial charge in [0.05, 0.1) is 11.5 Å². The zero-order chi connectivity index (χ0) is 20.8. The lowest BCUT2D eigenvalue weighted by molar-refractivity contribution is -0.124. The Morgan fingerprint density at radius 1 is 1.04 bits per heavy atom. The fraction of sp³-hybridized carbons (Fsp3) is 0.381. The van der Waals surface area contributed by atoms with Crippen molar-refractivity contribution in [2.45, 2.75) is 50.6 Å². The van der Waals surface area contributed by atoms with Gasteiger partial charge in [0.15, 0.2) is 0 Å². The topological polar surface area (TPSA) is 84.5 Å². The summed E-state index contributed by atoms with van der Waals surface area (Å²) in [5.74, 6) is 0.221. The first-order chi connectivity index (χ1) is 13.1. The fourth-order valence-electron chi connectivity index (χ4n) is 2.63. The van der Waals surface area contributed by atoms with Crippen LogP contribution in [0.5, 0.6) is 5.75 Å². The molecule has 1 atom stereocenters. The zero-order valence-electron chi connectivity index (χ0n) is 16.7. The first-order valence-corrected chi connectivity index (χ1v) is 10.7. The van der Waals surface area contributed by atoms with Gasteiger partial charge < -0.3 is 10.1 Å². The van der Waals surface area contributed by atoms with Crippen molar-refractivity contribution in [3.05, 3.63) is 60.2 Å². The van der Waals surface area contributed by atoms with E-state index in [0.717, 1.165) is 5.56 Å². The largest absolute Gasteiger partial charge is 0.494 e. The number of nitrogens with one attached hydrogen (secondary N) is 2. The summed E-state index contributed by atoms with van der Waals surface area (Å²) in [5, 5.41) is 2.85. The van der Waals surface area contributed by atoms with Gasteiger partial charge in [0, 0.05) is 5.54 Å². The van der Waals surface area contributed by atoms with E-state index in [9.17, 15) is 13.2 Å². The maximum Gasteiger partial charge on any atom is 0.241 e. The number of benzene rings is 2. The minimum Gasteiger partial charge on any atom is -0.494 e. The summed E-state index contributed by atoms with van der Waals surface area (Å²) in [6, 6.07) is 14.5. The maximum atomic E-state index is 12.8. The molecular formula is C21H28N2O4S. The molecule has 0 aliphatic rings. The standard InChI is InChI=1S/C21H28N2O4S/c1-5-27-17-11-13-18(14-12-17)28(25,26)23-19(20(24)22-21(2,3)4)15-16-9-7-6-8-10-16/h6-14,19,23H,5,15H2,1-4H3,(H,22,24)/t19-/m0/s1. The molecule has 2 N–H and O–H groups in total. The summed E-state index contributed by atoms with van der Waals surface area (Å²) < 4.78 is 33.6. The van der Waals surface area contributed by atoms with E-state index in [1.54, 1.807) is 12.1 Å². The number of amides is 1. The molecular weight excluding hydrogens is 376 g/mol. The Labute approximate surface area is 167 Å². The molecule has 2 aromatic carbocycles. The van der Waals surface area contributed by atoms with Crippen LogP contribution in [-0.2, 0) is 21.2 Å². The van der Waals surface area contributed by atoms with Crippen molar-refractivity contribution in [1.82, 2.24) is 10.0 Å². The van der Waals surface area contributed by atoms with Crippen LogP contribution in [0, 0.1) is 0 Å². The predicted molar refractivity (Wildman–Crippen MR) is 110 cm³/mol. The quantitative estimate of drug-likeness (QED) is 0.709. The monoisotopic (exact) mass is 404 g/mol. The number of carbonyl (C=O) groups excluding carboxylic acids is 1. The number of hydrogen-bond donors (Lipinski definition) is 2. The van der Waals surface area contributed by atoms with Crippen LogP contribution < -0.4 is 14.8 Å². The van der Waals surface area contributed by atoms with E-state index in [-0.39, 0.29) is 17.2 Å². The third kappa shape index (κ3) is 6.65. The Hall–Kier alpha value is -2.38. The van der Waals surface area contributed by atoms with Crippen molar-refractivity contribution in [3.8, 4) is 5.75 Å². The van der Waals surface area contributed by atoms with Crippen LogP contribution in [0.2, 0.25) is 0 Å². The Bertz CT molecular complexity index is 873. The van der Waals surface area contributed by atoms with Crippen LogP contribution in [0.1, 0.15) is 33.3 Å². The summed E-state index contributed by atoms with van der Waals surface area (Å²) >= 11 is 0. The summed E-state index contributed by atoms with van der Waals surface area (Å²) in [6.07, 6.45) is 0.249. The number of sulfonamides is 1. The van der Waals surface area contributed by atoms with E-state index in [4.69, 9.17) is 4.74 Å². The van der Waals surface area contributed by atoms with E-state index in [2.05, 4.69) is 10.0 Å². The molecule has 0 unspecified atom stereocenters. The zero-order valence-corrected chi connectivity index (χ0v) is 17.5. The van der Waals surface area contributed by atoms with Gasteiger partial charge in [0.2, 0.25) is 15.9 Å². The van der Waals surface area contributed by atoms with Crippen molar-refractivity contribution < 1.29 is 17.9 Å². The van der Waals surface area contributed by atoms with Crippen molar-refractivity contribution in [1.29, 1.82) is 0 Å². The highest BCUT2D eigenvalue weighted by molar-refractivity contribution is 7.89. The van der Waals surface area contributed by atoms with Crippen LogP contribution in [0.25, 0.3) is 0 Å². The molecule has 0 heterocycles. The van der Waals surface area contributed by atoms with Gasteiger partial charge in [0.1, 0.15) is 11.8 Å². The first-order valence-electron chi connectivity index (χ1n) is 9.22. The lowest BCUT2D eigenvalue weighted by Gasteiger charge is -2.25. The minimum absolute atomic E-state index is 0.0811. The minimum atomic E-state index is -3.88. The molecule has 0 radical (unpaired) electrons. The number of carbonyl (C=O) groups is 1. The highest BCUT2D eigenvalue weighted by atomic mass is 32.2. The van der Waals surface area contributed by atoms with Crippen molar-refractivity contribution in [2.75, 3.05) is 6.61 Å². The molecule has 0 bridgehead atoms. The van der Waals surface area contributed by atoms with Gasteiger partial charge in [0.25, 0.3) is 0 Å². The third-order valence-electron chi connectivity index (χ3n) is 3.84. The molecule has 0 spiro atoms. The van der Waals surface area contributed by atoms with Crippen LogP contribution in [0.3, 0.4) is 0 Å². The van der Waals surface area contributed by atoms with E-state index in [0.29, 0.717) is 12.4 Å². The first kappa shape index (κ1) is 21.9. The van der Waals surface area contributed by atoms with Gasteiger partial charge >= 0.3 is 0 Å². The highest BCUT2D eigenvalue weighted by Gasteiger charge is 2.28. The Balaban J connectivity index is 2.25. The van der Waals surface area contributed by atoms with Crippen LogP contribution in [-0.4, -0.2) is 32.5 Å². The maximum absolute atomic E-state index is 12.8. The highest BCUT2D eigenvalue weighted by Crippen LogP contribution is 2.17. The molecule has 7 heteroatoms. The summed E-state index contributed by atoms with van der Waals surface area (Å²) in [7, 11) is -3.88. The molecule has 0 aromatic heterocycles. The predicted octanol–water partition coefficient (Wildman–Crippen LogP) is 2.89. The average molecular weight is 405 g/mol. The van der Waals surface area contributed by atoms with E-state index in [1.165, 1.54) is 12.1 Å². The van der Waals surface area contributed by atoms with Gasteiger partial charge in [-0.2, -0.15) is 4.72 Å². The average Bonchev–Trinajstić information content (AvgIpc) is 2.61. The van der Waals surface area contributed by atoms with Crippen molar-refractivity contribution >= 4 is 15.9 Å². The SMILES string of the molecule is CCOc1ccc(S(=O)(=O)N[C@@H](Cc2ccccc2)C(=O)NC(C)(C)C)cc1. The molecule has 28 heavy (non-hydrogen) atoms. The summed E-state index contributed by atoms with van der Waals surface area (Å²) in [5.41, 5.74) is 0.391. The number of hydrogen-bond acceptors (Lipinski definition) is 4. The van der Waals surface area contributed by atoms with Gasteiger partial charge in [-0.1, -0.05) is 30.3 Å². The Kier molecular flexibility index (Phi) is 7.21. The van der Waals surface area contributed by atoms with Gasteiger partial charge in [-0.25, -0.2) is 8.42 Å². The molecule has 0 fully saturated rings. The van der Waals surface area contributed by atoms with Gasteiger partial charge in [-0.05, 0) is 63.9 Å². The van der Waals surface area contributed by atoms with E-state index >= 15 is 0 Å². The fourth-order valence-corrected chi connectivity index (χ4v) is 3.83. The molecule has 0 aliphatic heterocycles. The van der Waals surface area contributed by atoms with Crippen LogP contribution in [0.15, 0.2) is 59.5 Å². The molecule has 0 saturated carbocycles. The second-order valence-corrected chi connectivity index (χ2v) is 9.22. The van der Waals surface area contributed by atoms with Gasteiger partial charge in [-0.15, -0.1) is 0 Å². The number of ether oxygens (including phenoxy) is 1. The molecule has 1 amide bonds. The molecule has 2 rings (SSSR count). The normalized spacial score (nSPS) is 13.0. The van der Waals surface area contributed by atoms with Crippen LogP contribution in [0.4, 0.5) is 0 Å². The van der Waals surface area contributed by atoms with Gasteiger partial charge in [-0.3, -0.25) is 4.79 Å². The van der Waals surface area contributed by atoms with Crippen molar-refractivity contribution in [3.63, 3.8) is 0 Å². The van der Waals surface area contributed by atoms with Crippen molar-refractivity contribution in [2.24, 2.45) is 0 Å². The smallest absolute Gasteiger partial charge is 0.241 e. The summed E-state index contributed by atoms with van der Waals surface area (Å²) in [6.45, 7) is 7.91.